The molecule has 1 aliphatic carbocycles. The fourth-order valence-corrected chi connectivity index (χ4v) is 2.54. The summed E-state index contributed by atoms with van der Waals surface area (Å²) in [6.07, 6.45) is 3.04. The van der Waals surface area contributed by atoms with Crippen molar-refractivity contribution in [1.82, 2.24) is 10.6 Å². The van der Waals surface area contributed by atoms with E-state index in [0.29, 0.717) is 6.54 Å². The van der Waals surface area contributed by atoms with Crippen LogP contribution in [0.3, 0.4) is 0 Å². The Hall–Kier alpha value is -1.06. The molecule has 0 saturated heterocycles. The molecule has 1 amide bonds. The number of amides is 1. The molecule has 0 aliphatic heterocycles. The second kappa shape index (κ2) is 6.21. The lowest BCUT2D eigenvalue weighted by molar-refractivity contribution is -0.120. The van der Waals surface area contributed by atoms with E-state index in [1.165, 1.54) is 11.1 Å². The van der Waals surface area contributed by atoms with E-state index in [9.17, 15) is 4.79 Å². The largest absolute Gasteiger partial charge is 0.355 e. The van der Waals surface area contributed by atoms with Crippen molar-refractivity contribution >= 4 is 17.5 Å². The Morgan fingerprint density at radius 3 is 3.11 bits per heavy atom. The smallest absolute Gasteiger partial charge is 0.233 e. The lowest BCUT2D eigenvalue weighted by Gasteiger charge is -2.13. The number of nitrogens with one attached hydrogen (secondary N) is 2. The van der Waals surface area contributed by atoms with E-state index in [0.717, 1.165) is 30.8 Å². The van der Waals surface area contributed by atoms with Crippen LogP contribution in [0, 0.1) is 0 Å². The van der Waals surface area contributed by atoms with Gasteiger partial charge in [0.2, 0.25) is 5.91 Å². The van der Waals surface area contributed by atoms with Crippen LogP contribution < -0.4 is 10.6 Å². The number of rotatable bonds is 5. The highest BCUT2D eigenvalue weighted by Crippen LogP contribution is 2.32. The van der Waals surface area contributed by atoms with Gasteiger partial charge in [0.15, 0.2) is 0 Å². The van der Waals surface area contributed by atoms with Gasteiger partial charge in [-0.15, -0.1) is 0 Å². The number of carbonyl (C=O) groups excluding carboxylic acids is 1. The number of halogens is 1. The molecule has 1 aromatic rings. The predicted octanol–water partition coefficient (Wildman–Crippen LogP) is 2.44. The Bertz CT molecular complexity index is 434. The van der Waals surface area contributed by atoms with Crippen molar-refractivity contribution in [2.45, 2.75) is 32.2 Å². The first kappa shape index (κ1) is 13.4. The molecule has 0 aromatic heterocycles. The molecule has 0 fully saturated rings. The molecule has 4 heteroatoms. The van der Waals surface area contributed by atoms with Crippen LogP contribution in [-0.2, 0) is 11.2 Å². The van der Waals surface area contributed by atoms with Crippen LogP contribution in [0.25, 0.3) is 0 Å². The van der Waals surface area contributed by atoms with Gasteiger partial charge in [0.05, 0.1) is 6.54 Å². The normalized spacial score (nSPS) is 17.6. The summed E-state index contributed by atoms with van der Waals surface area (Å²) in [6.45, 7) is 3.18. The average molecular weight is 267 g/mol. The van der Waals surface area contributed by atoms with Crippen LogP contribution in [0.1, 0.15) is 36.9 Å². The minimum Gasteiger partial charge on any atom is -0.355 e. The lowest BCUT2D eigenvalue weighted by Crippen LogP contribution is -2.35. The molecule has 0 spiro atoms. The summed E-state index contributed by atoms with van der Waals surface area (Å²) in [4.78, 5) is 11.5. The van der Waals surface area contributed by atoms with Gasteiger partial charge in [0, 0.05) is 17.6 Å². The maximum Gasteiger partial charge on any atom is 0.233 e. The maximum absolute atomic E-state index is 11.5. The van der Waals surface area contributed by atoms with E-state index in [-0.39, 0.29) is 11.9 Å². The number of hydrogen-bond acceptors (Lipinski definition) is 2. The quantitative estimate of drug-likeness (QED) is 0.860. The van der Waals surface area contributed by atoms with Gasteiger partial charge in [0.1, 0.15) is 0 Å². The predicted molar refractivity (Wildman–Crippen MR) is 73.8 cm³/mol. The third-order valence-electron chi connectivity index (χ3n) is 3.26. The van der Waals surface area contributed by atoms with E-state index in [1.54, 1.807) is 0 Å². The number of aryl methyl sites for hydroxylation is 1. The molecule has 18 heavy (non-hydrogen) atoms. The Labute approximate surface area is 113 Å². The van der Waals surface area contributed by atoms with Gasteiger partial charge in [-0.05, 0) is 42.5 Å². The Kier molecular flexibility index (Phi) is 4.61. The van der Waals surface area contributed by atoms with Crippen LogP contribution in [-0.4, -0.2) is 19.0 Å². The lowest BCUT2D eigenvalue weighted by atomic mass is 10.1. The first-order chi connectivity index (χ1) is 8.70. The van der Waals surface area contributed by atoms with Crippen molar-refractivity contribution in [1.29, 1.82) is 0 Å². The van der Waals surface area contributed by atoms with Gasteiger partial charge in [-0.25, -0.2) is 0 Å². The second-order valence-electron chi connectivity index (χ2n) is 4.67. The van der Waals surface area contributed by atoms with E-state index >= 15 is 0 Å². The molecule has 0 bridgehead atoms. The summed E-state index contributed by atoms with van der Waals surface area (Å²) in [7, 11) is 0. The van der Waals surface area contributed by atoms with E-state index in [4.69, 9.17) is 11.6 Å². The Morgan fingerprint density at radius 1 is 1.50 bits per heavy atom. The highest BCUT2D eigenvalue weighted by molar-refractivity contribution is 6.30. The number of hydrogen-bond donors (Lipinski definition) is 2. The molecule has 1 aliphatic rings. The van der Waals surface area contributed by atoms with E-state index < -0.39 is 0 Å². The highest BCUT2D eigenvalue weighted by atomic mass is 35.5. The molecule has 0 radical (unpaired) electrons. The Balaban J connectivity index is 1.88. The molecule has 0 heterocycles. The summed E-state index contributed by atoms with van der Waals surface area (Å²) in [5, 5.41) is 6.96. The molecule has 2 N–H and O–H groups in total. The third-order valence-corrected chi connectivity index (χ3v) is 3.50. The molecule has 1 unspecified atom stereocenters. The molecule has 1 aromatic carbocycles. The first-order valence-corrected chi connectivity index (χ1v) is 6.87. The molecular weight excluding hydrogens is 248 g/mol. The van der Waals surface area contributed by atoms with E-state index in [2.05, 4.69) is 16.7 Å². The number of fused-ring (bicyclic) bond motifs is 1. The average Bonchev–Trinajstić information content (AvgIpc) is 2.76. The minimum absolute atomic E-state index is 0.0688. The van der Waals surface area contributed by atoms with Crippen LogP contribution >= 0.6 is 11.6 Å². The minimum atomic E-state index is 0.0688. The highest BCUT2D eigenvalue weighted by Gasteiger charge is 2.22. The zero-order valence-corrected chi connectivity index (χ0v) is 11.4. The zero-order chi connectivity index (χ0) is 13.0. The van der Waals surface area contributed by atoms with Crippen LogP contribution in [0.4, 0.5) is 0 Å². The van der Waals surface area contributed by atoms with Gasteiger partial charge < -0.3 is 10.6 Å². The summed E-state index contributed by atoms with van der Waals surface area (Å²) in [5.41, 5.74) is 2.58. The van der Waals surface area contributed by atoms with Gasteiger partial charge in [-0.1, -0.05) is 24.6 Å². The fourth-order valence-electron chi connectivity index (χ4n) is 2.34. The standard InChI is InChI=1S/C14H19ClN2O/c1-2-7-16-14(18)9-17-13-6-3-10-8-11(15)4-5-12(10)13/h4-5,8,13,17H,2-3,6-7,9H2,1H3,(H,16,18). The summed E-state index contributed by atoms with van der Waals surface area (Å²) < 4.78 is 0. The molecular formula is C14H19ClN2O. The zero-order valence-electron chi connectivity index (χ0n) is 10.6. The molecule has 3 nitrogen and oxygen atoms in total. The van der Waals surface area contributed by atoms with Gasteiger partial charge >= 0.3 is 0 Å². The van der Waals surface area contributed by atoms with Crippen molar-refractivity contribution in [3.8, 4) is 0 Å². The first-order valence-electron chi connectivity index (χ1n) is 6.49. The van der Waals surface area contributed by atoms with E-state index in [1.807, 2.05) is 19.1 Å². The number of benzene rings is 1. The summed E-state index contributed by atoms with van der Waals surface area (Å²) in [6, 6.07) is 6.28. The van der Waals surface area contributed by atoms with Crippen molar-refractivity contribution in [3.05, 3.63) is 34.3 Å². The van der Waals surface area contributed by atoms with Gasteiger partial charge in [-0.3, -0.25) is 4.79 Å². The van der Waals surface area contributed by atoms with Crippen molar-refractivity contribution in [3.63, 3.8) is 0 Å². The summed E-state index contributed by atoms with van der Waals surface area (Å²) >= 11 is 5.97. The molecule has 98 valence electrons. The second-order valence-corrected chi connectivity index (χ2v) is 5.10. The van der Waals surface area contributed by atoms with Gasteiger partial charge in [0.25, 0.3) is 0 Å². The topological polar surface area (TPSA) is 41.1 Å². The maximum atomic E-state index is 11.5. The monoisotopic (exact) mass is 266 g/mol. The molecule has 0 saturated carbocycles. The van der Waals surface area contributed by atoms with Crippen molar-refractivity contribution < 1.29 is 4.79 Å². The summed E-state index contributed by atoms with van der Waals surface area (Å²) in [5.74, 6) is 0.0688. The third kappa shape index (κ3) is 3.24. The van der Waals surface area contributed by atoms with Crippen LogP contribution in [0.2, 0.25) is 5.02 Å². The molecule has 2 rings (SSSR count). The van der Waals surface area contributed by atoms with Gasteiger partial charge in [-0.2, -0.15) is 0 Å². The van der Waals surface area contributed by atoms with Crippen molar-refractivity contribution in [2.24, 2.45) is 0 Å². The Morgan fingerprint density at radius 2 is 2.33 bits per heavy atom. The fraction of sp³-hybridized carbons (Fsp3) is 0.500. The van der Waals surface area contributed by atoms with Crippen LogP contribution in [0.5, 0.6) is 0 Å². The number of carbonyl (C=O) groups is 1. The SMILES string of the molecule is CCCNC(=O)CNC1CCc2cc(Cl)ccc21. The van der Waals surface area contributed by atoms with Crippen LogP contribution in [0.15, 0.2) is 18.2 Å². The molecule has 1 atom stereocenters. The van der Waals surface area contributed by atoms with Crippen molar-refractivity contribution in [2.75, 3.05) is 13.1 Å².